The molecular weight excluding hydrogens is 388 g/mol. The fraction of sp³-hybridized carbons (Fsp3) is 0.917. The van der Waals surface area contributed by atoms with E-state index >= 15 is 0 Å². The topological polar surface area (TPSA) is 43.2 Å². The highest BCUT2D eigenvalue weighted by Crippen LogP contribution is 2.46. The highest BCUT2D eigenvalue weighted by molar-refractivity contribution is 6.74. The van der Waals surface area contributed by atoms with Gasteiger partial charge < -0.3 is 4.43 Å². The van der Waals surface area contributed by atoms with E-state index in [2.05, 4.69) is 69.1 Å². The second-order valence-electron chi connectivity index (χ2n) is 11.6. The monoisotopic (exact) mass is 434 g/mol. The van der Waals surface area contributed by atoms with Crippen molar-refractivity contribution < 1.29 is 4.43 Å². The van der Waals surface area contributed by atoms with Gasteiger partial charge in [-0.1, -0.05) is 52.7 Å². The van der Waals surface area contributed by atoms with Crippen LogP contribution in [0, 0.1) is 5.92 Å². The Morgan fingerprint density at radius 2 is 1.90 bits per heavy atom. The molecular formula is C24H46N4OSi. The maximum atomic E-state index is 6.31. The number of nitrogens with zero attached hydrogens (tertiary/aromatic N) is 4. The molecule has 3 rings (SSSR count). The number of aromatic nitrogens is 3. The number of unbranched alkanes of at least 4 members (excludes halogenated alkanes) is 1. The number of aryl methyl sites for hydroxylation is 1. The second kappa shape index (κ2) is 9.82. The molecule has 3 heterocycles. The van der Waals surface area contributed by atoms with Crippen LogP contribution in [0.2, 0.25) is 18.1 Å². The highest BCUT2D eigenvalue weighted by atomic mass is 28.4. The number of rotatable bonds is 11. The van der Waals surface area contributed by atoms with Gasteiger partial charge in [-0.2, -0.15) is 0 Å². The summed E-state index contributed by atoms with van der Waals surface area (Å²) < 4.78 is 8.35. The largest absolute Gasteiger partial charge is 0.417 e. The summed E-state index contributed by atoms with van der Waals surface area (Å²) in [7, 11) is -1.65. The third-order valence-corrected chi connectivity index (χ3v) is 12.4. The first kappa shape index (κ1) is 23.9. The predicted octanol–water partition coefficient (Wildman–Crippen LogP) is 5.84. The number of hydrogen-bond donors (Lipinski definition) is 0. The van der Waals surface area contributed by atoms with Crippen molar-refractivity contribution in [2.24, 2.45) is 5.92 Å². The van der Waals surface area contributed by atoms with Gasteiger partial charge in [0, 0.05) is 37.4 Å². The summed E-state index contributed by atoms with van der Waals surface area (Å²) in [6.07, 6.45) is 11.3. The van der Waals surface area contributed by atoms with Crippen LogP contribution >= 0.6 is 0 Å². The summed E-state index contributed by atoms with van der Waals surface area (Å²) in [6.45, 7) is 19.2. The molecule has 0 radical (unpaired) electrons. The molecule has 1 aromatic heterocycles. The first-order valence-corrected chi connectivity index (χ1v) is 15.3. The third-order valence-electron chi connectivity index (χ3n) is 7.87. The molecule has 3 atom stereocenters. The van der Waals surface area contributed by atoms with Crippen molar-refractivity contribution in [3.8, 4) is 0 Å². The molecule has 5 nitrogen and oxygen atoms in total. The molecule has 2 bridgehead atoms. The van der Waals surface area contributed by atoms with E-state index < -0.39 is 8.32 Å². The summed E-state index contributed by atoms with van der Waals surface area (Å²) in [5.41, 5.74) is 1.22. The molecule has 2 aliphatic heterocycles. The minimum absolute atomic E-state index is 0.274. The van der Waals surface area contributed by atoms with Gasteiger partial charge in [-0.3, -0.25) is 9.58 Å². The summed E-state index contributed by atoms with van der Waals surface area (Å²) in [5, 5.41) is 9.32. The van der Waals surface area contributed by atoms with E-state index in [1.165, 1.54) is 50.8 Å². The van der Waals surface area contributed by atoms with Crippen molar-refractivity contribution in [3.05, 3.63) is 11.9 Å². The molecule has 0 saturated carbocycles. The lowest BCUT2D eigenvalue weighted by Gasteiger charge is -2.36. The fourth-order valence-corrected chi connectivity index (χ4v) is 6.07. The zero-order valence-electron chi connectivity index (χ0n) is 20.7. The minimum atomic E-state index is -1.65. The lowest BCUT2D eigenvalue weighted by atomic mass is 9.87. The Hall–Kier alpha value is -0.723. The molecule has 2 aliphatic rings. The van der Waals surface area contributed by atoms with E-state index in [0.29, 0.717) is 12.0 Å². The Morgan fingerprint density at radius 1 is 1.13 bits per heavy atom. The molecule has 0 amide bonds. The van der Waals surface area contributed by atoms with E-state index in [-0.39, 0.29) is 5.04 Å². The van der Waals surface area contributed by atoms with Gasteiger partial charge in [0.1, 0.15) is 0 Å². The number of hydrogen-bond acceptors (Lipinski definition) is 4. The van der Waals surface area contributed by atoms with Crippen molar-refractivity contribution in [1.82, 2.24) is 19.9 Å². The molecule has 2 saturated heterocycles. The van der Waals surface area contributed by atoms with Gasteiger partial charge >= 0.3 is 0 Å². The summed E-state index contributed by atoms with van der Waals surface area (Å²) in [4.78, 5) is 2.80. The molecule has 30 heavy (non-hydrogen) atoms. The van der Waals surface area contributed by atoms with Crippen LogP contribution in [-0.4, -0.2) is 53.4 Å². The van der Waals surface area contributed by atoms with Crippen LogP contribution in [0.25, 0.3) is 0 Å². The summed E-state index contributed by atoms with van der Waals surface area (Å²) in [5.74, 6) is 1.42. The Morgan fingerprint density at radius 3 is 2.60 bits per heavy atom. The molecule has 0 aromatic carbocycles. The lowest BCUT2D eigenvalue weighted by Crippen LogP contribution is -2.41. The Bertz CT molecular complexity index is 666. The molecule has 0 aliphatic carbocycles. The van der Waals surface area contributed by atoms with Gasteiger partial charge in [0.15, 0.2) is 8.32 Å². The van der Waals surface area contributed by atoms with E-state index in [1.807, 2.05) is 4.68 Å². The van der Waals surface area contributed by atoms with Gasteiger partial charge in [0.25, 0.3) is 0 Å². The highest BCUT2D eigenvalue weighted by Gasteiger charge is 2.47. The first-order chi connectivity index (χ1) is 14.1. The second-order valence-corrected chi connectivity index (χ2v) is 16.4. The van der Waals surface area contributed by atoms with Crippen molar-refractivity contribution in [2.45, 2.75) is 122 Å². The average molecular weight is 435 g/mol. The molecule has 0 spiro atoms. The Balaban J connectivity index is 1.45. The molecule has 0 unspecified atom stereocenters. The van der Waals surface area contributed by atoms with Crippen LogP contribution in [0.3, 0.4) is 0 Å². The Labute approximate surface area is 186 Å². The predicted molar refractivity (Wildman–Crippen MR) is 127 cm³/mol. The zero-order valence-corrected chi connectivity index (χ0v) is 21.7. The summed E-state index contributed by atoms with van der Waals surface area (Å²) >= 11 is 0. The number of fused-ring (bicyclic) bond motifs is 2. The molecule has 1 aromatic rings. The van der Waals surface area contributed by atoms with Crippen molar-refractivity contribution in [1.29, 1.82) is 0 Å². The smallest absolute Gasteiger partial charge is 0.191 e. The van der Waals surface area contributed by atoms with E-state index in [1.54, 1.807) is 0 Å². The van der Waals surface area contributed by atoms with Crippen molar-refractivity contribution in [3.63, 3.8) is 0 Å². The van der Waals surface area contributed by atoms with Gasteiger partial charge in [-0.05, 0) is 62.7 Å². The van der Waals surface area contributed by atoms with Crippen LogP contribution in [0.4, 0.5) is 0 Å². The van der Waals surface area contributed by atoms with Crippen LogP contribution in [0.15, 0.2) is 6.20 Å². The van der Waals surface area contributed by atoms with Crippen LogP contribution in [0.5, 0.6) is 0 Å². The normalized spacial score (nSPS) is 25.0. The van der Waals surface area contributed by atoms with E-state index in [9.17, 15) is 0 Å². The molecule has 172 valence electrons. The van der Waals surface area contributed by atoms with Gasteiger partial charge in [0.05, 0.1) is 5.69 Å². The average Bonchev–Trinajstić information content (AvgIpc) is 3.36. The third kappa shape index (κ3) is 5.74. The molecule has 0 N–H and O–H groups in total. The minimum Gasteiger partial charge on any atom is -0.417 e. The van der Waals surface area contributed by atoms with Crippen molar-refractivity contribution >= 4 is 8.32 Å². The van der Waals surface area contributed by atoms with Gasteiger partial charge in [-0.15, -0.1) is 5.10 Å². The lowest BCUT2D eigenvalue weighted by molar-refractivity contribution is 0.240. The van der Waals surface area contributed by atoms with Crippen LogP contribution < -0.4 is 0 Å². The van der Waals surface area contributed by atoms with Gasteiger partial charge in [0.2, 0.25) is 0 Å². The van der Waals surface area contributed by atoms with Crippen LogP contribution in [-0.2, 0) is 11.0 Å². The van der Waals surface area contributed by atoms with Gasteiger partial charge in [-0.25, -0.2) is 0 Å². The molecule has 6 heteroatoms. The molecule has 2 fully saturated rings. The quantitative estimate of drug-likeness (QED) is 0.324. The SMILES string of the molecule is CC(C)CCCCN1[C@@H]2CC[C@H]1[C@@H](c1cn(CCCO[Si](C)(C)C(C)(C)C)nn1)C2. The standard InChI is InChI=1S/C24H46N4OSi/c1-19(2)11-8-9-15-28-20-12-13-23(28)21(17-20)22-18-27(26-25-22)14-10-16-29-30(6,7)24(3,4)5/h18-21,23H,8-17H2,1-7H3/t20-,21-,23+/m1/s1. The van der Waals surface area contributed by atoms with Crippen LogP contribution in [0.1, 0.15) is 91.2 Å². The van der Waals surface area contributed by atoms with E-state index in [0.717, 1.165) is 31.5 Å². The fourth-order valence-electron chi connectivity index (χ4n) is 4.98. The zero-order chi connectivity index (χ0) is 21.9. The van der Waals surface area contributed by atoms with Crippen molar-refractivity contribution in [2.75, 3.05) is 13.2 Å². The maximum Gasteiger partial charge on any atom is 0.191 e. The Kier molecular flexibility index (Phi) is 7.84. The summed E-state index contributed by atoms with van der Waals surface area (Å²) in [6, 6.07) is 1.48. The maximum absolute atomic E-state index is 6.31. The first-order valence-electron chi connectivity index (χ1n) is 12.4. The van der Waals surface area contributed by atoms with E-state index in [4.69, 9.17) is 4.43 Å².